The van der Waals surface area contributed by atoms with Crippen LogP contribution in [0.4, 0.5) is 10.1 Å². The second-order valence-electron chi connectivity index (χ2n) is 5.04. The number of sulfonamides is 1. The Hall–Kier alpha value is -1.18. The standard InChI is InChI=1S/C13H19FN2O3S/c1-9-12(14)7-11(8-13(9)15)20(18,19)16(5-6-17)10-3-2-4-10/h7-8,10,17H,2-6,15H2,1H3. The molecular formula is C13H19FN2O3S. The maximum absolute atomic E-state index is 13.7. The maximum Gasteiger partial charge on any atom is 0.243 e. The average Bonchev–Trinajstić information content (AvgIpc) is 2.32. The zero-order valence-electron chi connectivity index (χ0n) is 11.3. The summed E-state index contributed by atoms with van der Waals surface area (Å²) in [6.45, 7) is 1.25. The zero-order valence-corrected chi connectivity index (χ0v) is 12.2. The number of aliphatic hydroxyl groups excluding tert-OH is 1. The van der Waals surface area contributed by atoms with Crippen LogP contribution in [0, 0.1) is 12.7 Å². The number of halogens is 1. The van der Waals surface area contributed by atoms with Crippen molar-refractivity contribution < 1.29 is 17.9 Å². The topological polar surface area (TPSA) is 83.6 Å². The van der Waals surface area contributed by atoms with Crippen LogP contribution < -0.4 is 5.73 Å². The number of hydrogen-bond donors (Lipinski definition) is 2. The number of anilines is 1. The van der Waals surface area contributed by atoms with Crippen molar-refractivity contribution in [3.63, 3.8) is 0 Å². The summed E-state index contributed by atoms with van der Waals surface area (Å²) < 4.78 is 40.1. The van der Waals surface area contributed by atoms with Gasteiger partial charge in [-0.1, -0.05) is 6.42 Å². The number of benzene rings is 1. The largest absolute Gasteiger partial charge is 0.398 e. The smallest absolute Gasteiger partial charge is 0.243 e. The number of aliphatic hydroxyl groups is 1. The second-order valence-corrected chi connectivity index (χ2v) is 6.93. The molecule has 0 atom stereocenters. The summed E-state index contributed by atoms with van der Waals surface area (Å²) in [6, 6.07) is 2.15. The highest BCUT2D eigenvalue weighted by Gasteiger charge is 2.35. The molecule has 0 spiro atoms. The highest BCUT2D eigenvalue weighted by Crippen LogP contribution is 2.31. The fourth-order valence-electron chi connectivity index (χ4n) is 2.23. The molecule has 1 aromatic rings. The highest BCUT2D eigenvalue weighted by atomic mass is 32.2. The average molecular weight is 302 g/mol. The quantitative estimate of drug-likeness (QED) is 0.802. The first-order valence-electron chi connectivity index (χ1n) is 6.56. The summed E-state index contributed by atoms with van der Waals surface area (Å²) >= 11 is 0. The first kappa shape index (κ1) is 15.2. The van der Waals surface area contributed by atoms with Gasteiger partial charge in [0.2, 0.25) is 10.0 Å². The fraction of sp³-hybridized carbons (Fsp3) is 0.538. The molecule has 3 N–H and O–H groups in total. The summed E-state index contributed by atoms with van der Waals surface area (Å²) in [5.74, 6) is -0.638. The normalized spacial score (nSPS) is 16.4. The molecule has 20 heavy (non-hydrogen) atoms. The summed E-state index contributed by atoms with van der Waals surface area (Å²) in [6.07, 6.45) is 2.50. The molecule has 0 amide bonds. The molecule has 2 rings (SSSR count). The van der Waals surface area contributed by atoms with Crippen molar-refractivity contribution in [2.24, 2.45) is 0 Å². The van der Waals surface area contributed by atoms with Crippen molar-refractivity contribution in [1.82, 2.24) is 4.31 Å². The Labute approximate surface area is 118 Å². The minimum atomic E-state index is -3.83. The van der Waals surface area contributed by atoms with E-state index in [1.54, 1.807) is 0 Å². The number of nitrogen functional groups attached to an aromatic ring is 1. The van der Waals surface area contributed by atoms with Crippen LogP contribution in [0.15, 0.2) is 17.0 Å². The van der Waals surface area contributed by atoms with Gasteiger partial charge >= 0.3 is 0 Å². The fourth-order valence-corrected chi connectivity index (χ4v) is 3.96. The Morgan fingerprint density at radius 3 is 2.55 bits per heavy atom. The third-order valence-corrected chi connectivity index (χ3v) is 5.70. The van der Waals surface area contributed by atoms with Gasteiger partial charge in [0.25, 0.3) is 0 Å². The van der Waals surface area contributed by atoms with Gasteiger partial charge in [0.15, 0.2) is 0 Å². The van der Waals surface area contributed by atoms with Gasteiger partial charge in [-0.15, -0.1) is 0 Å². The molecular weight excluding hydrogens is 283 g/mol. The Morgan fingerprint density at radius 2 is 2.10 bits per heavy atom. The molecule has 1 aromatic carbocycles. The minimum absolute atomic E-state index is 0.0163. The molecule has 0 aromatic heterocycles. The van der Waals surface area contributed by atoms with E-state index in [2.05, 4.69) is 0 Å². The number of hydrogen-bond acceptors (Lipinski definition) is 4. The monoisotopic (exact) mass is 302 g/mol. The second kappa shape index (κ2) is 5.67. The van der Waals surface area contributed by atoms with Gasteiger partial charge in [0, 0.05) is 23.8 Å². The predicted molar refractivity (Wildman–Crippen MR) is 74.2 cm³/mol. The van der Waals surface area contributed by atoms with E-state index < -0.39 is 15.8 Å². The van der Waals surface area contributed by atoms with Gasteiger partial charge in [-0.3, -0.25) is 0 Å². The van der Waals surface area contributed by atoms with Crippen LogP contribution in [0.25, 0.3) is 0 Å². The van der Waals surface area contributed by atoms with Crippen LogP contribution in [0.2, 0.25) is 0 Å². The van der Waals surface area contributed by atoms with Gasteiger partial charge in [0.1, 0.15) is 5.82 Å². The van der Waals surface area contributed by atoms with Crippen LogP contribution in [0.1, 0.15) is 24.8 Å². The summed E-state index contributed by atoms with van der Waals surface area (Å²) in [7, 11) is -3.83. The molecule has 112 valence electrons. The lowest BCUT2D eigenvalue weighted by molar-refractivity contribution is 0.178. The SMILES string of the molecule is Cc1c(N)cc(S(=O)(=O)N(CCO)C2CCC2)cc1F. The van der Waals surface area contributed by atoms with E-state index in [1.165, 1.54) is 17.3 Å². The van der Waals surface area contributed by atoms with E-state index in [0.29, 0.717) is 0 Å². The first-order chi connectivity index (χ1) is 9.37. The predicted octanol–water partition coefficient (Wildman–Crippen LogP) is 1.25. The van der Waals surface area contributed by atoms with E-state index in [0.717, 1.165) is 25.3 Å². The third-order valence-electron chi connectivity index (χ3n) is 3.77. The lowest BCUT2D eigenvalue weighted by Gasteiger charge is -2.36. The van der Waals surface area contributed by atoms with E-state index in [-0.39, 0.29) is 35.3 Å². The Balaban J connectivity index is 2.42. The molecule has 0 radical (unpaired) electrons. The van der Waals surface area contributed by atoms with Crippen molar-refractivity contribution in [3.8, 4) is 0 Å². The molecule has 0 unspecified atom stereocenters. The lowest BCUT2D eigenvalue weighted by Crippen LogP contribution is -2.45. The van der Waals surface area contributed by atoms with E-state index in [9.17, 15) is 12.8 Å². The number of nitrogens with two attached hydrogens (primary N) is 1. The molecule has 0 heterocycles. The molecule has 0 aliphatic heterocycles. The van der Waals surface area contributed by atoms with Crippen LogP contribution in [-0.4, -0.2) is 37.0 Å². The molecule has 7 heteroatoms. The van der Waals surface area contributed by atoms with Gasteiger partial charge in [-0.05, 0) is 31.9 Å². The summed E-state index contributed by atoms with van der Waals surface area (Å²) in [4.78, 5) is -0.154. The Bertz CT molecular complexity index is 577. The minimum Gasteiger partial charge on any atom is -0.398 e. The van der Waals surface area contributed by atoms with Gasteiger partial charge in [0.05, 0.1) is 11.5 Å². The summed E-state index contributed by atoms with van der Waals surface area (Å²) in [5.41, 5.74) is 5.99. The van der Waals surface area contributed by atoms with Gasteiger partial charge < -0.3 is 10.8 Å². The van der Waals surface area contributed by atoms with Crippen LogP contribution in [-0.2, 0) is 10.0 Å². The van der Waals surface area contributed by atoms with Crippen LogP contribution >= 0.6 is 0 Å². The highest BCUT2D eigenvalue weighted by molar-refractivity contribution is 7.89. The van der Waals surface area contributed by atoms with Gasteiger partial charge in [-0.25, -0.2) is 12.8 Å². The van der Waals surface area contributed by atoms with Crippen molar-refractivity contribution in [3.05, 3.63) is 23.5 Å². The zero-order chi connectivity index (χ0) is 14.9. The number of rotatable bonds is 5. The first-order valence-corrected chi connectivity index (χ1v) is 8.00. The van der Waals surface area contributed by atoms with Crippen molar-refractivity contribution >= 4 is 15.7 Å². The molecule has 1 aliphatic carbocycles. The van der Waals surface area contributed by atoms with E-state index >= 15 is 0 Å². The van der Waals surface area contributed by atoms with E-state index in [4.69, 9.17) is 10.8 Å². The molecule has 0 bridgehead atoms. The Kier molecular flexibility index (Phi) is 4.31. The van der Waals surface area contributed by atoms with E-state index in [1.807, 2.05) is 0 Å². The molecule has 1 aliphatic rings. The third kappa shape index (κ3) is 2.65. The van der Waals surface area contributed by atoms with Crippen molar-refractivity contribution in [2.45, 2.75) is 37.1 Å². The Morgan fingerprint density at radius 1 is 1.45 bits per heavy atom. The van der Waals surface area contributed by atoms with Gasteiger partial charge in [-0.2, -0.15) is 4.31 Å². The lowest BCUT2D eigenvalue weighted by atomic mass is 9.93. The van der Waals surface area contributed by atoms with Crippen molar-refractivity contribution in [2.75, 3.05) is 18.9 Å². The molecule has 5 nitrogen and oxygen atoms in total. The summed E-state index contributed by atoms with van der Waals surface area (Å²) in [5, 5.41) is 9.06. The maximum atomic E-state index is 13.7. The van der Waals surface area contributed by atoms with Crippen LogP contribution in [0.3, 0.4) is 0 Å². The van der Waals surface area contributed by atoms with Crippen LogP contribution in [0.5, 0.6) is 0 Å². The van der Waals surface area contributed by atoms with Crippen molar-refractivity contribution in [1.29, 1.82) is 0 Å². The molecule has 1 fully saturated rings. The number of nitrogens with zero attached hydrogens (tertiary/aromatic N) is 1. The molecule has 1 saturated carbocycles. The molecule has 0 saturated heterocycles.